The maximum atomic E-state index is 11.2. The molecule has 1 aliphatic carbocycles. The molecule has 0 radical (unpaired) electrons. The van der Waals surface area contributed by atoms with E-state index < -0.39 is 12.2 Å². The van der Waals surface area contributed by atoms with Crippen LogP contribution in [0, 0.1) is 5.77 Å². The third-order valence-electron chi connectivity index (χ3n) is 2.61. The number of nitrogens with one attached hydrogen (secondary N) is 1. The number of halogens is 2. The molecule has 0 bridgehead atoms. The predicted octanol–water partition coefficient (Wildman–Crippen LogP) is 2.30. The fourth-order valence-corrected chi connectivity index (χ4v) is 6.58. The van der Waals surface area contributed by atoms with E-state index >= 15 is 0 Å². The third kappa shape index (κ3) is 1.32. The van der Waals surface area contributed by atoms with Gasteiger partial charge in [0.15, 0.2) is 6.10 Å². The summed E-state index contributed by atoms with van der Waals surface area (Å²) in [5.41, 5.74) is 2.37. The van der Waals surface area contributed by atoms with Crippen LogP contribution in [0.3, 0.4) is 0 Å². The highest BCUT2D eigenvalue weighted by atomic mass is 127. The Balaban J connectivity index is 2.23. The topological polar surface area (TPSA) is 70.9 Å². The first-order valence-corrected chi connectivity index (χ1v) is 7.28. The largest absolute Gasteiger partial charge is 0.437 e. The monoisotopic (exact) mass is 462 g/mol. The molecule has 16 heavy (non-hydrogen) atoms. The first kappa shape index (κ1) is 11.0. The molecule has 2 N–H and O–H groups in total. The van der Waals surface area contributed by atoms with Crippen LogP contribution in [0.15, 0.2) is 5.16 Å². The van der Waals surface area contributed by atoms with Crippen molar-refractivity contribution < 1.29 is 14.7 Å². The normalized spacial score (nSPS) is 28.9. The van der Waals surface area contributed by atoms with E-state index in [1.165, 1.54) is 0 Å². The lowest BCUT2D eigenvalue weighted by Gasteiger charge is -2.06. The molecule has 8 heteroatoms. The third-order valence-corrected chi connectivity index (χ3v) is 5.84. The number of hydrogen-bond donors (Lipinski definition) is 2. The highest BCUT2D eigenvalue weighted by Gasteiger charge is 2.50. The molecule has 84 valence electrons. The van der Waals surface area contributed by atoms with Gasteiger partial charge in [-0.05, 0) is 45.2 Å². The van der Waals surface area contributed by atoms with Gasteiger partial charge >= 0.3 is 6.09 Å². The minimum absolute atomic E-state index is 0.208. The molecule has 3 rings (SSSR count). The van der Waals surface area contributed by atoms with Gasteiger partial charge in [-0.1, -0.05) is 5.16 Å². The van der Waals surface area contributed by atoms with Gasteiger partial charge in [0.05, 0.1) is 5.77 Å². The van der Waals surface area contributed by atoms with Crippen LogP contribution in [0.25, 0.3) is 0 Å². The number of fused-ring (bicyclic) bond motifs is 3. The number of oxime groups is 1. The minimum Gasteiger partial charge on any atom is -0.437 e. The average Bonchev–Trinajstić information content (AvgIpc) is 2.78. The number of carbonyl (C=O) groups excluding carboxylic acids is 1. The molecule has 2 unspecified atom stereocenters. The summed E-state index contributed by atoms with van der Waals surface area (Å²) >= 11 is 6.05. The molecule has 1 fully saturated rings. The second kappa shape index (κ2) is 3.70. The molecular formula is C8H4I2N2O3S. The fraction of sp³-hybridized carbons (Fsp3) is 0.250. The minimum atomic E-state index is -0.488. The molecule has 1 amide bonds. The first-order chi connectivity index (χ1) is 7.63. The molecule has 0 spiro atoms. The van der Waals surface area contributed by atoms with Crippen molar-refractivity contribution in [2.24, 2.45) is 5.16 Å². The molecule has 1 aromatic rings. The molecule has 5 nitrogen and oxygen atoms in total. The summed E-state index contributed by atoms with van der Waals surface area (Å²) in [5.74, 6) is 0. The van der Waals surface area contributed by atoms with Gasteiger partial charge in [-0.15, -0.1) is 11.3 Å². The van der Waals surface area contributed by atoms with Crippen molar-refractivity contribution >= 4 is 68.3 Å². The number of rotatable bonds is 0. The number of nitrogens with zero attached hydrogens (tertiary/aromatic N) is 1. The summed E-state index contributed by atoms with van der Waals surface area (Å²) in [6.07, 6.45) is -0.947. The van der Waals surface area contributed by atoms with Gasteiger partial charge in [-0.3, -0.25) is 0 Å². The molecule has 1 saturated heterocycles. The van der Waals surface area contributed by atoms with Gasteiger partial charge in [0, 0.05) is 11.1 Å². The Bertz CT molecular complexity index is 528. The summed E-state index contributed by atoms with van der Waals surface area (Å²) in [6.45, 7) is 0. The Hall–Kier alpha value is -0.100. The number of thiophene rings is 1. The molecule has 0 aromatic carbocycles. The van der Waals surface area contributed by atoms with E-state index in [9.17, 15) is 4.79 Å². The molecule has 2 atom stereocenters. The second-order valence-corrected chi connectivity index (χ2v) is 8.01. The van der Waals surface area contributed by atoms with Gasteiger partial charge in [0.1, 0.15) is 11.8 Å². The Morgan fingerprint density at radius 3 is 2.88 bits per heavy atom. The second-order valence-electron chi connectivity index (χ2n) is 3.37. The van der Waals surface area contributed by atoms with Crippen molar-refractivity contribution in [2.75, 3.05) is 0 Å². The summed E-state index contributed by atoms with van der Waals surface area (Å²) in [6, 6.07) is -0.208. The van der Waals surface area contributed by atoms with Crippen molar-refractivity contribution in [1.82, 2.24) is 5.32 Å². The molecule has 2 heterocycles. The number of ether oxygens (including phenoxy) is 1. The highest BCUT2D eigenvalue weighted by Crippen LogP contribution is 2.45. The van der Waals surface area contributed by atoms with Crippen LogP contribution >= 0.6 is 56.5 Å². The van der Waals surface area contributed by atoms with Crippen molar-refractivity contribution in [1.29, 1.82) is 0 Å². The lowest BCUT2D eigenvalue weighted by Crippen LogP contribution is -2.22. The number of carbonyl (C=O) groups is 1. The number of hydrogen-bond acceptors (Lipinski definition) is 5. The van der Waals surface area contributed by atoms with E-state index in [4.69, 9.17) is 9.94 Å². The van der Waals surface area contributed by atoms with Crippen LogP contribution in [-0.4, -0.2) is 23.1 Å². The smallest absolute Gasteiger partial charge is 0.408 e. The van der Waals surface area contributed by atoms with Crippen LogP contribution in [0.2, 0.25) is 0 Å². The van der Waals surface area contributed by atoms with Crippen molar-refractivity contribution in [3.8, 4) is 0 Å². The van der Waals surface area contributed by atoms with Crippen molar-refractivity contribution in [2.45, 2.75) is 12.1 Å². The summed E-state index contributed by atoms with van der Waals surface area (Å²) in [4.78, 5) is 11.2. The van der Waals surface area contributed by atoms with Gasteiger partial charge in [0.2, 0.25) is 0 Å². The lowest BCUT2D eigenvalue weighted by atomic mass is 10.2. The maximum absolute atomic E-state index is 11.2. The van der Waals surface area contributed by atoms with E-state index in [1.54, 1.807) is 11.3 Å². The molecule has 1 aromatic heterocycles. The zero-order valence-corrected chi connectivity index (χ0v) is 12.7. The van der Waals surface area contributed by atoms with Crippen LogP contribution in [0.4, 0.5) is 4.79 Å². The molecule has 0 saturated carbocycles. The maximum Gasteiger partial charge on any atom is 0.408 e. The van der Waals surface area contributed by atoms with E-state index in [0.29, 0.717) is 5.71 Å². The van der Waals surface area contributed by atoms with Gasteiger partial charge in [0.25, 0.3) is 0 Å². The zero-order valence-electron chi connectivity index (χ0n) is 7.53. The van der Waals surface area contributed by atoms with Gasteiger partial charge < -0.3 is 15.3 Å². The van der Waals surface area contributed by atoms with Crippen molar-refractivity contribution in [3.05, 3.63) is 16.9 Å². The Morgan fingerprint density at radius 2 is 2.19 bits per heavy atom. The highest BCUT2D eigenvalue weighted by molar-refractivity contribution is 14.1. The zero-order chi connectivity index (χ0) is 11.4. The quantitative estimate of drug-likeness (QED) is 0.354. The van der Waals surface area contributed by atoms with Crippen LogP contribution in [0.5, 0.6) is 0 Å². The lowest BCUT2D eigenvalue weighted by molar-refractivity contribution is 0.160. The fourth-order valence-electron chi connectivity index (χ4n) is 2.01. The van der Waals surface area contributed by atoms with E-state index in [-0.39, 0.29) is 6.04 Å². The molecule has 1 aliphatic heterocycles. The summed E-state index contributed by atoms with van der Waals surface area (Å²) < 4.78 is 7.24. The predicted molar refractivity (Wildman–Crippen MR) is 74.2 cm³/mol. The Kier molecular flexibility index (Phi) is 2.55. The van der Waals surface area contributed by atoms with E-state index in [0.717, 1.165) is 16.9 Å². The van der Waals surface area contributed by atoms with Gasteiger partial charge in [-0.2, -0.15) is 0 Å². The van der Waals surface area contributed by atoms with E-state index in [2.05, 4.69) is 55.7 Å². The Morgan fingerprint density at radius 1 is 1.44 bits per heavy atom. The summed E-state index contributed by atoms with van der Waals surface area (Å²) in [5, 5.41) is 15.1. The first-order valence-electron chi connectivity index (χ1n) is 4.30. The standard InChI is InChI=1S/C8H4I2N2O3S/c9-6-1-2(7(10)16-6)4(12-14)5-3(1)11-8(13)15-5/h3,5,14H,(H,11,13)/b12-4+. The SMILES string of the molecule is O=C1NC2c3c(I)sc(I)c3/C(=N\O)C2O1. The van der Waals surface area contributed by atoms with Crippen LogP contribution in [-0.2, 0) is 4.74 Å². The number of amides is 1. The van der Waals surface area contributed by atoms with Crippen molar-refractivity contribution in [3.63, 3.8) is 0 Å². The molecule has 2 aliphatic rings. The number of alkyl carbamates (subject to hydrolysis) is 1. The van der Waals surface area contributed by atoms with Crippen LogP contribution in [0.1, 0.15) is 17.2 Å². The average molecular weight is 462 g/mol. The Labute approximate surface area is 122 Å². The van der Waals surface area contributed by atoms with E-state index in [1.807, 2.05) is 0 Å². The summed E-state index contributed by atoms with van der Waals surface area (Å²) in [7, 11) is 0. The molecular weight excluding hydrogens is 458 g/mol. The van der Waals surface area contributed by atoms with Gasteiger partial charge in [-0.25, -0.2) is 4.79 Å². The van der Waals surface area contributed by atoms with Crippen LogP contribution < -0.4 is 5.32 Å².